The Morgan fingerprint density at radius 2 is 2.08 bits per heavy atom. The second-order valence-electron chi connectivity index (χ2n) is 4.93. The molecule has 0 bridgehead atoms. The maximum absolute atomic E-state index is 12.0. The third kappa shape index (κ3) is 7.14. The number of likely N-dealkylation sites (N-methyl/N-ethyl adjacent to an activating group) is 2. The van der Waals surface area contributed by atoms with Crippen molar-refractivity contribution >= 4 is 33.8 Å². The molecule has 24 heavy (non-hydrogen) atoms. The van der Waals surface area contributed by atoms with E-state index >= 15 is 0 Å². The Hall–Kier alpha value is -1.86. The topological polar surface area (TPSA) is 67.9 Å². The van der Waals surface area contributed by atoms with Gasteiger partial charge in [0.05, 0.1) is 13.2 Å². The molecular weight excluding hydrogens is 376 g/mol. The average molecular weight is 399 g/mol. The van der Waals surface area contributed by atoms with Gasteiger partial charge in [0.25, 0.3) is 0 Å². The molecule has 0 aliphatic carbocycles. The first-order valence-corrected chi connectivity index (χ1v) is 8.41. The summed E-state index contributed by atoms with van der Waals surface area (Å²) >= 11 is 3.40. The van der Waals surface area contributed by atoms with Crippen LogP contribution in [0, 0.1) is 0 Å². The third-order valence-electron chi connectivity index (χ3n) is 3.10. The van der Waals surface area contributed by atoms with Gasteiger partial charge < -0.3 is 19.7 Å². The van der Waals surface area contributed by atoms with Crippen LogP contribution in [0.15, 0.2) is 28.7 Å². The standard InChI is InChI=1S/C17H23BrN2O4/c1-4-23-9-10-24-15-7-6-14(18)11-13(15)5-8-17(22)20(3)12-16(21)19-2/h5-8,11H,4,9-10,12H2,1-3H3,(H,19,21)/b8-5+. The van der Waals surface area contributed by atoms with Gasteiger partial charge in [0, 0.05) is 36.8 Å². The van der Waals surface area contributed by atoms with Gasteiger partial charge >= 0.3 is 0 Å². The number of hydrogen-bond donors (Lipinski definition) is 1. The lowest BCUT2D eigenvalue weighted by Gasteiger charge is -2.14. The summed E-state index contributed by atoms with van der Waals surface area (Å²) in [4.78, 5) is 24.7. The number of nitrogens with zero attached hydrogens (tertiary/aromatic N) is 1. The van der Waals surface area contributed by atoms with E-state index in [2.05, 4.69) is 21.2 Å². The highest BCUT2D eigenvalue weighted by Gasteiger charge is 2.09. The molecule has 132 valence electrons. The molecule has 1 aromatic carbocycles. The number of rotatable bonds is 9. The highest BCUT2D eigenvalue weighted by atomic mass is 79.9. The number of ether oxygens (including phenoxy) is 2. The number of amides is 2. The van der Waals surface area contributed by atoms with Gasteiger partial charge in [-0.3, -0.25) is 9.59 Å². The van der Waals surface area contributed by atoms with Crippen molar-refractivity contribution in [2.45, 2.75) is 6.92 Å². The van der Waals surface area contributed by atoms with Crippen LogP contribution in [-0.2, 0) is 14.3 Å². The lowest BCUT2D eigenvalue weighted by atomic mass is 10.2. The first kappa shape index (κ1) is 20.2. The van der Waals surface area contributed by atoms with E-state index in [4.69, 9.17) is 9.47 Å². The summed E-state index contributed by atoms with van der Waals surface area (Å²) in [6.45, 7) is 3.51. The molecule has 0 aliphatic rings. The van der Waals surface area contributed by atoms with E-state index in [1.54, 1.807) is 13.1 Å². The summed E-state index contributed by atoms with van der Waals surface area (Å²) in [5.41, 5.74) is 0.766. The zero-order valence-corrected chi connectivity index (χ0v) is 15.8. The van der Waals surface area contributed by atoms with Crippen LogP contribution in [0.4, 0.5) is 0 Å². The maximum Gasteiger partial charge on any atom is 0.246 e. The molecule has 6 nitrogen and oxygen atoms in total. The van der Waals surface area contributed by atoms with Crippen LogP contribution < -0.4 is 10.1 Å². The van der Waals surface area contributed by atoms with Crippen molar-refractivity contribution in [3.05, 3.63) is 34.3 Å². The third-order valence-corrected chi connectivity index (χ3v) is 3.60. The predicted octanol–water partition coefficient (Wildman–Crippen LogP) is 2.08. The quantitative estimate of drug-likeness (QED) is 0.510. The lowest BCUT2D eigenvalue weighted by Crippen LogP contribution is -2.36. The Morgan fingerprint density at radius 1 is 1.33 bits per heavy atom. The van der Waals surface area contributed by atoms with Crippen molar-refractivity contribution < 1.29 is 19.1 Å². The van der Waals surface area contributed by atoms with Gasteiger partial charge in [0.1, 0.15) is 12.4 Å². The van der Waals surface area contributed by atoms with E-state index in [1.165, 1.54) is 18.0 Å². The molecule has 0 aromatic heterocycles. The number of nitrogens with one attached hydrogen (secondary N) is 1. The van der Waals surface area contributed by atoms with Crippen molar-refractivity contribution in [3.8, 4) is 5.75 Å². The van der Waals surface area contributed by atoms with Gasteiger partial charge in [-0.15, -0.1) is 0 Å². The van der Waals surface area contributed by atoms with Crippen LogP contribution in [0.3, 0.4) is 0 Å². The first-order chi connectivity index (χ1) is 11.5. The van der Waals surface area contributed by atoms with Crippen LogP contribution in [0.1, 0.15) is 12.5 Å². The molecule has 1 rings (SSSR count). The average Bonchev–Trinajstić information content (AvgIpc) is 2.57. The van der Waals surface area contributed by atoms with Crippen molar-refractivity contribution in [1.82, 2.24) is 10.2 Å². The van der Waals surface area contributed by atoms with Crippen LogP contribution in [0.25, 0.3) is 6.08 Å². The molecule has 0 unspecified atom stereocenters. The van der Waals surface area contributed by atoms with Crippen molar-refractivity contribution in [1.29, 1.82) is 0 Å². The van der Waals surface area contributed by atoms with Crippen molar-refractivity contribution in [3.63, 3.8) is 0 Å². The summed E-state index contributed by atoms with van der Waals surface area (Å²) < 4.78 is 11.8. The van der Waals surface area contributed by atoms with Crippen molar-refractivity contribution in [2.75, 3.05) is 40.5 Å². The Balaban J connectivity index is 2.75. The Morgan fingerprint density at radius 3 is 2.75 bits per heavy atom. The van der Waals surface area contributed by atoms with Gasteiger partial charge in [-0.2, -0.15) is 0 Å². The van der Waals surface area contributed by atoms with Crippen LogP contribution >= 0.6 is 15.9 Å². The monoisotopic (exact) mass is 398 g/mol. The Bertz CT molecular complexity index is 590. The summed E-state index contributed by atoms with van der Waals surface area (Å²) in [6, 6.07) is 5.56. The second-order valence-corrected chi connectivity index (χ2v) is 5.84. The van der Waals surface area contributed by atoms with Crippen LogP contribution in [-0.4, -0.2) is 57.2 Å². The molecule has 1 aromatic rings. The largest absolute Gasteiger partial charge is 0.491 e. The normalized spacial score (nSPS) is 10.7. The highest BCUT2D eigenvalue weighted by Crippen LogP contribution is 2.24. The molecule has 0 radical (unpaired) electrons. The van der Waals surface area contributed by atoms with Gasteiger partial charge in [-0.1, -0.05) is 15.9 Å². The summed E-state index contributed by atoms with van der Waals surface area (Å²) in [5.74, 6) is 0.177. The lowest BCUT2D eigenvalue weighted by molar-refractivity contribution is -0.130. The SMILES string of the molecule is CCOCCOc1ccc(Br)cc1/C=C/C(=O)N(C)CC(=O)NC. The zero-order valence-electron chi connectivity index (χ0n) is 14.2. The van der Waals surface area contributed by atoms with E-state index in [9.17, 15) is 9.59 Å². The second kappa shape index (κ2) is 10.8. The summed E-state index contributed by atoms with van der Waals surface area (Å²) in [5, 5.41) is 2.48. The molecule has 0 aliphatic heterocycles. The molecule has 0 atom stereocenters. The number of hydrogen-bond acceptors (Lipinski definition) is 4. The van der Waals surface area contributed by atoms with E-state index in [0.29, 0.717) is 25.6 Å². The number of carbonyl (C=O) groups excluding carboxylic acids is 2. The minimum Gasteiger partial charge on any atom is -0.491 e. The number of halogens is 1. The fourth-order valence-electron chi connectivity index (χ4n) is 1.80. The minimum absolute atomic E-state index is 0.00979. The molecule has 2 amide bonds. The zero-order chi connectivity index (χ0) is 17.9. The predicted molar refractivity (Wildman–Crippen MR) is 96.9 cm³/mol. The van der Waals surface area contributed by atoms with E-state index in [0.717, 1.165) is 10.0 Å². The molecular formula is C17H23BrN2O4. The fourth-order valence-corrected chi connectivity index (χ4v) is 2.18. The maximum atomic E-state index is 12.0. The molecule has 1 N–H and O–H groups in total. The van der Waals surface area contributed by atoms with Crippen LogP contribution in [0.5, 0.6) is 5.75 Å². The van der Waals surface area contributed by atoms with Gasteiger partial charge in [0.15, 0.2) is 0 Å². The minimum atomic E-state index is -0.265. The van der Waals surface area contributed by atoms with E-state index < -0.39 is 0 Å². The van der Waals surface area contributed by atoms with Gasteiger partial charge in [-0.25, -0.2) is 0 Å². The number of benzene rings is 1. The Labute approximate surface area is 150 Å². The van der Waals surface area contributed by atoms with Crippen molar-refractivity contribution in [2.24, 2.45) is 0 Å². The molecule has 0 spiro atoms. The molecule has 0 saturated carbocycles. The van der Waals surface area contributed by atoms with Crippen LogP contribution in [0.2, 0.25) is 0 Å². The van der Waals surface area contributed by atoms with Gasteiger partial charge in [-0.05, 0) is 31.2 Å². The Kier molecular flexibility index (Phi) is 9.11. The number of carbonyl (C=O) groups is 2. The first-order valence-electron chi connectivity index (χ1n) is 7.61. The van der Waals surface area contributed by atoms with E-state index in [1.807, 2.05) is 25.1 Å². The molecule has 7 heteroatoms. The van der Waals surface area contributed by atoms with Gasteiger partial charge in [0.2, 0.25) is 11.8 Å². The summed E-state index contributed by atoms with van der Waals surface area (Å²) in [7, 11) is 3.10. The smallest absolute Gasteiger partial charge is 0.246 e. The fraction of sp³-hybridized carbons (Fsp3) is 0.412. The van der Waals surface area contributed by atoms with E-state index in [-0.39, 0.29) is 18.4 Å². The summed E-state index contributed by atoms with van der Waals surface area (Å²) in [6.07, 6.45) is 3.09. The molecule has 0 saturated heterocycles. The molecule has 0 fully saturated rings. The highest BCUT2D eigenvalue weighted by molar-refractivity contribution is 9.10. The molecule has 0 heterocycles.